The van der Waals surface area contributed by atoms with E-state index in [0.717, 1.165) is 0 Å². The number of aliphatic carboxylic acids is 1. The zero-order valence-corrected chi connectivity index (χ0v) is 7.18. The molecule has 7 heteroatoms. The van der Waals surface area contributed by atoms with Crippen LogP contribution in [0.3, 0.4) is 0 Å². The molecule has 0 aromatic rings. The Labute approximate surface area is 75.9 Å². The minimum atomic E-state index is -1.00. The van der Waals surface area contributed by atoms with Gasteiger partial charge >= 0.3 is 5.97 Å². The van der Waals surface area contributed by atoms with Gasteiger partial charge in [-0.1, -0.05) is 0 Å². The molecule has 1 atom stereocenters. The van der Waals surface area contributed by atoms with E-state index < -0.39 is 12.0 Å². The SMILES string of the molecule is NC(N)=NCCCC(N)C(=O)O.[OH-]. The van der Waals surface area contributed by atoms with Gasteiger partial charge in [-0.25, -0.2) is 0 Å². The molecule has 0 spiro atoms. The molecule has 0 rings (SSSR count). The molecule has 0 aromatic heterocycles. The lowest BCUT2D eigenvalue weighted by Crippen LogP contribution is -2.30. The number of nitrogens with two attached hydrogens (primary N) is 3. The number of nitrogens with zero attached hydrogens (tertiary/aromatic N) is 1. The lowest BCUT2D eigenvalue weighted by Gasteiger charge is -2.03. The molecule has 0 aliphatic heterocycles. The third-order valence-electron chi connectivity index (χ3n) is 1.28. The van der Waals surface area contributed by atoms with Crippen molar-refractivity contribution in [2.75, 3.05) is 6.54 Å². The zero-order chi connectivity index (χ0) is 9.56. The summed E-state index contributed by atoms with van der Waals surface area (Å²) in [6.07, 6.45) is 0.956. The summed E-state index contributed by atoms with van der Waals surface area (Å²) < 4.78 is 0. The average Bonchev–Trinajstić information content (AvgIpc) is 1.97. The first-order valence-electron chi connectivity index (χ1n) is 3.58. The van der Waals surface area contributed by atoms with Crippen molar-refractivity contribution in [3.63, 3.8) is 0 Å². The van der Waals surface area contributed by atoms with E-state index in [4.69, 9.17) is 22.3 Å². The van der Waals surface area contributed by atoms with Crippen LogP contribution in [0.25, 0.3) is 0 Å². The molecule has 0 amide bonds. The van der Waals surface area contributed by atoms with E-state index in [1.165, 1.54) is 0 Å². The van der Waals surface area contributed by atoms with E-state index in [1.807, 2.05) is 0 Å². The Morgan fingerprint density at radius 3 is 2.38 bits per heavy atom. The Morgan fingerprint density at radius 1 is 1.46 bits per heavy atom. The summed E-state index contributed by atoms with van der Waals surface area (Å²) in [4.78, 5) is 13.9. The second-order valence-corrected chi connectivity index (χ2v) is 2.39. The van der Waals surface area contributed by atoms with Gasteiger partial charge in [-0.15, -0.1) is 0 Å². The van der Waals surface area contributed by atoms with Crippen LogP contribution in [0.4, 0.5) is 0 Å². The predicted molar refractivity (Wildman–Crippen MR) is 47.5 cm³/mol. The van der Waals surface area contributed by atoms with Crippen LogP contribution in [0, 0.1) is 0 Å². The van der Waals surface area contributed by atoms with E-state index in [1.54, 1.807) is 0 Å². The second kappa shape index (κ2) is 7.32. The van der Waals surface area contributed by atoms with Gasteiger partial charge in [0.1, 0.15) is 6.04 Å². The Morgan fingerprint density at radius 2 is 2.00 bits per heavy atom. The van der Waals surface area contributed by atoms with Gasteiger partial charge in [0.2, 0.25) is 0 Å². The van der Waals surface area contributed by atoms with Crippen LogP contribution in [0.2, 0.25) is 0 Å². The van der Waals surface area contributed by atoms with Gasteiger partial charge in [0.05, 0.1) is 0 Å². The zero-order valence-electron chi connectivity index (χ0n) is 7.18. The number of guanidine groups is 1. The predicted octanol–water partition coefficient (Wildman–Crippen LogP) is -1.72. The molecular weight excluding hydrogens is 176 g/mol. The third kappa shape index (κ3) is 8.57. The number of hydrogen-bond acceptors (Lipinski definition) is 4. The minimum Gasteiger partial charge on any atom is -0.870 e. The van der Waals surface area contributed by atoms with Gasteiger partial charge < -0.3 is 27.8 Å². The van der Waals surface area contributed by atoms with Crippen LogP contribution in [0.5, 0.6) is 0 Å². The summed E-state index contributed by atoms with van der Waals surface area (Å²) in [5.74, 6) is -0.987. The number of rotatable bonds is 5. The van der Waals surface area contributed by atoms with Crippen molar-refractivity contribution in [2.45, 2.75) is 18.9 Å². The molecule has 0 fully saturated rings. The van der Waals surface area contributed by atoms with Crippen LogP contribution in [0.15, 0.2) is 4.99 Å². The number of carboxylic acids is 1. The number of hydrogen-bond donors (Lipinski definition) is 4. The molecule has 0 bridgehead atoms. The first kappa shape index (κ1) is 14.2. The van der Waals surface area contributed by atoms with Crippen molar-refractivity contribution in [1.29, 1.82) is 0 Å². The highest BCUT2D eigenvalue weighted by molar-refractivity contribution is 5.75. The summed E-state index contributed by atoms with van der Waals surface area (Å²) in [7, 11) is 0. The highest BCUT2D eigenvalue weighted by atomic mass is 16.4. The second-order valence-electron chi connectivity index (χ2n) is 2.39. The van der Waals surface area contributed by atoms with Crippen molar-refractivity contribution >= 4 is 11.9 Å². The van der Waals surface area contributed by atoms with Crippen molar-refractivity contribution in [3.8, 4) is 0 Å². The van der Waals surface area contributed by atoms with Crippen molar-refractivity contribution in [2.24, 2.45) is 22.2 Å². The van der Waals surface area contributed by atoms with Gasteiger partial charge in [0, 0.05) is 6.54 Å². The quantitative estimate of drug-likeness (QED) is 0.230. The summed E-state index contributed by atoms with van der Waals surface area (Å²) >= 11 is 0. The Hall–Kier alpha value is -1.34. The fraction of sp³-hybridized carbons (Fsp3) is 0.667. The number of aliphatic imine (C=N–C) groups is 1. The minimum absolute atomic E-state index is 0. The van der Waals surface area contributed by atoms with Crippen molar-refractivity contribution < 1.29 is 15.4 Å². The van der Waals surface area contributed by atoms with Gasteiger partial charge in [0.15, 0.2) is 5.96 Å². The first-order chi connectivity index (χ1) is 5.54. The molecular formula is C6H15N4O3-. The maximum Gasteiger partial charge on any atom is 0.320 e. The van der Waals surface area contributed by atoms with Crippen molar-refractivity contribution in [1.82, 2.24) is 0 Å². The molecule has 78 valence electrons. The van der Waals surface area contributed by atoms with E-state index in [0.29, 0.717) is 19.4 Å². The number of carboxylic acid groups (broad SMARTS) is 1. The topological polar surface area (TPSA) is 158 Å². The van der Waals surface area contributed by atoms with Crippen LogP contribution in [0.1, 0.15) is 12.8 Å². The average molecular weight is 191 g/mol. The normalized spacial score (nSPS) is 11.2. The van der Waals surface area contributed by atoms with Gasteiger partial charge in [-0.05, 0) is 12.8 Å². The van der Waals surface area contributed by atoms with Crippen LogP contribution >= 0.6 is 0 Å². The standard InChI is InChI=1S/C6H14N4O2.H2O/c7-4(5(11)12)2-1-3-10-6(8)9;/h4H,1-3,7H2,(H,11,12)(H4,8,9,10);1H2/p-1. The van der Waals surface area contributed by atoms with Crippen molar-refractivity contribution in [3.05, 3.63) is 0 Å². The molecule has 0 saturated heterocycles. The summed E-state index contributed by atoms with van der Waals surface area (Å²) in [6.45, 7) is 0.420. The first-order valence-corrected chi connectivity index (χ1v) is 3.58. The number of carbonyl (C=O) groups is 1. The lowest BCUT2D eigenvalue weighted by molar-refractivity contribution is -0.138. The van der Waals surface area contributed by atoms with E-state index in [2.05, 4.69) is 4.99 Å². The molecule has 1 unspecified atom stereocenters. The molecule has 0 aliphatic rings. The largest absolute Gasteiger partial charge is 0.870 e. The molecule has 0 saturated carbocycles. The van der Waals surface area contributed by atoms with Crippen LogP contribution in [-0.4, -0.2) is 35.1 Å². The summed E-state index contributed by atoms with van der Waals surface area (Å²) in [5, 5.41) is 8.38. The Bertz CT molecular complexity index is 179. The van der Waals surface area contributed by atoms with E-state index >= 15 is 0 Å². The highest BCUT2D eigenvalue weighted by Gasteiger charge is 2.09. The molecule has 13 heavy (non-hydrogen) atoms. The molecule has 0 aromatic carbocycles. The molecule has 7 nitrogen and oxygen atoms in total. The van der Waals surface area contributed by atoms with E-state index in [9.17, 15) is 4.79 Å². The monoisotopic (exact) mass is 191 g/mol. The Kier molecular flexibility index (Phi) is 7.99. The van der Waals surface area contributed by atoms with E-state index in [-0.39, 0.29) is 11.4 Å². The smallest absolute Gasteiger partial charge is 0.320 e. The molecule has 8 N–H and O–H groups in total. The summed E-state index contributed by atoms with van der Waals surface area (Å²) in [5.41, 5.74) is 15.3. The molecule has 0 radical (unpaired) electrons. The lowest BCUT2D eigenvalue weighted by atomic mass is 10.2. The summed E-state index contributed by atoms with van der Waals surface area (Å²) in [6, 6.07) is -0.820. The Balaban J connectivity index is 0. The molecule has 0 heterocycles. The van der Waals surface area contributed by atoms with Crippen LogP contribution in [-0.2, 0) is 4.79 Å². The maximum atomic E-state index is 10.2. The fourth-order valence-electron chi connectivity index (χ4n) is 0.643. The third-order valence-corrected chi connectivity index (χ3v) is 1.28. The highest BCUT2D eigenvalue weighted by Crippen LogP contribution is 1.94. The fourth-order valence-corrected chi connectivity index (χ4v) is 0.643. The van der Waals surface area contributed by atoms with Gasteiger partial charge in [0.25, 0.3) is 0 Å². The molecule has 0 aliphatic carbocycles. The van der Waals surface area contributed by atoms with Crippen LogP contribution < -0.4 is 17.2 Å². The maximum absolute atomic E-state index is 10.2. The van der Waals surface area contributed by atoms with Gasteiger partial charge in [-0.2, -0.15) is 0 Å². The van der Waals surface area contributed by atoms with Gasteiger partial charge in [-0.3, -0.25) is 9.79 Å².